The maximum absolute atomic E-state index is 14.5. The number of hydrogen-bond donors (Lipinski definition) is 3. The number of alkyl halides is 4. The second kappa shape index (κ2) is 11.9. The highest BCUT2D eigenvalue weighted by Gasteiger charge is 2.36. The summed E-state index contributed by atoms with van der Waals surface area (Å²) in [5.41, 5.74) is 1.75. The van der Waals surface area contributed by atoms with Crippen LogP contribution in [-0.4, -0.2) is 36.0 Å². The second-order valence-electron chi connectivity index (χ2n) is 8.18. The Labute approximate surface area is 211 Å². The van der Waals surface area contributed by atoms with Crippen molar-refractivity contribution in [3.63, 3.8) is 0 Å². The van der Waals surface area contributed by atoms with Crippen molar-refractivity contribution in [2.45, 2.75) is 45.3 Å². The lowest BCUT2D eigenvalue weighted by molar-refractivity contribution is -0.138. The molecular weight excluding hydrogens is 515 g/mol. The van der Waals surface area contributed by atoms with Gasteiger partial charge in [-0.15, -0.1) is 0 Å². The van der Waals surface area contributed by atoms with Crippen molar-refractivity contribution in [3.05, 3.63) is 80.6 Å². The molecule has 1 atom stereocenters. The van der Waals surface area contributed by atoms with E-state index in [-0.39, 0.29) is 29.9 Å². The van der Waals surface area contributed by atoms with Gasteiger partial charge in [0.25, 0.3) is 11.1 Å². The minimum atomic E-state index is -4.74. The minimum Gasteiger partial charge on any atom is -0.397 e. The maximum atomic E-state index is 14.5. The summed E-state index contributed by atoms with van der Waals surface area (Å²) in [4.78, 5) is 31.2. The van der Waals surface area contributed by atoms with Crippen molar-refractivity contribution < 1.29 is 27.1 Å². The third-order valence-corrected chi connectivity index (χ3v) is 5.36. The number of halogens is 5. The number of nitrogens with one attached hydrogen (secondary N) is 1. The van der Waals surface area contributed by atoms with Crippen LogP contribution in [0.3, 0.4) is 0 Å². The van der Waals surface area contributed by atoms with E-state index in [1.165, 1.54) is 29.2 Å². The van der Waals surface area contributed by atoms with E-state index in [1.807, 2.05) is 6.92 Å². The van der Waals surface area contributed by atoms with Crippen LogP contribution in [0.2, 0.25) is 0 Å². The largest absolute Gasteiger partial charge is 0.423 e. The predicted molar refractivity (Wildman–Crippen MR) is 129 cm³/mol. The standard InChI is InChI=1S/C19H19F2N3O2.C5H4F3N3O/c1-2-3-14(20)10-24-5-4-13-6-16(17(21)7-15(13)19(24)26)18-22-8-12(11-25)9-23-18;6-5(7,8)3-2(9)1-10-11-4(3)12/h4-9,14,25H,2-3,10-11H2,1H3;1H,(H3,9,11,12). The first-order valence-electron chi connectivity index (χ1n) is 11.3. The van der Waals surface area contributed by atoms with Crippen LogP contribution in [0.5, 0.6) is 0 Å². The maximum Gasteiger partial charge on any atom is 0.423 e. The summed E-state index contributed by atoms with van der Waals surface area (Å²) in [7, 11) is 0. The first kappa shape index (κ1) is 28.4. The molecule has 1 aromatic carbocycles. The lowest BCUT2D eigenvalue weighted by atomic mass is 10.1. The topological polar surface area (TPSA) is 140 Å². The number of aromatic amines is 1. The molecule has 0 radical (unpaired) electrons. The first-order chi connectivity index (χ1) is 18.0. The Morgan fingerprint density at radius 1 is 1.16 bits per heavy atom. The fourth-order valence-electron chi connectivity index (χ4n) is 3.52. The minimum absolute atomic E-state index is 0.0439. The lowest BCUT2D eigenvalue weighted by Crippen LogP contribution is -2.24. The average molecular weight is 538 g/mol. The molecule has 0 fully saturated rings. The first-order valence-corrected chi connectivity index (χ1v) is 11.3. The normalized spacial score (nSPS) is 12.2. The van der Waals surface area contributed by atoms with Crippen molar-refractivity contribution in [1.82, 2.24) is 24.7 Å². The lowest BCUT2D eigenvalue weighted by Gasteiger charge is -2.11. The zero-order chi connectivity index (χ0) is 28.0. The molecule has 0 bridgehead atoms. The van der Waals surface area contributed by atoms with Gasteiger partial charge in [-0.25, -0.2) is 23.8 Å². The fourth-order valence-corrected chi connectivity index (χ4v) is 3.52. The van der Waals surface area contributed by atoms with Crippen molar-refractivity contribution in [3.8, 4) is 11.4 Å². The molecule has 14 heteroatoms. The van der Waals surface area contributed by atoms with Gasteiger partial charge in [-0.1, -0.05) is 13.3 Å². The van der Waals surface area contributed by atoms with Crippen LogP contribution in [-0.2, 0) is 19.3 Å². The Hall–Kier alpha value is -4.20. The van der Waals surface area contributed by atoms with Gasteiger partial charge in [-0.3, -0.25) is 9.59 Å². The Bertz CT molecular complexity index is 1520. The Kier molecular flexibility index (Phi) is 8.88. The van der Waals surface area contributed by atoms with Gasteiger partial charge < -0.3 is 15.4 Å². The quantitative estimate of drug-likeness (QED) is 0.319. The third kappa shape index (κ3) is 6.56. The molecule has 0 amide bonds. The van der Waals surface area contributed by atoms with Crippen LogP contribution in [0.15, 0.2) is 52.6 Å². The van der Waals surface area contributed by atoms with Crippen molar-refractivity contribution in [2.75, 3.05) is 5.73 Å². The molecule has 0 saturated heterocycles. The van der Waals surface area contributed by atoms with E-state index in [0.29, 0.717) is 23.8 Å². The molecule has 9 nitrogen and oxygen atoms in total. The second-order valence-corrected chi connectivity index (χ2v) is 8.18. The SMILES string of the molecule is CCCC(F)Cn1ccc2cc(-c3ncc(CO)cn3)c(F)cc2c1=O.Nc1cn[nH]c(=O)c1C(F)(F)F. The summed E-state index contributed by atoms with van der Waals surface area (Å²) < 4.78 is 65.6. The molecule has 4 aromatic rings. The van der Waals surface area contributed by atoms with Gasteiger partial charge >= 0.3 is 6.18 Å². The molecule has 4 N–H and O–H groups in total. The number of aliphatic hydroxyl groups excluding tert-OH is 1. The number of anilines is 1. The fraction of sp³-hybridized carbons (Fsp3) is 0.292. The highest BCUT2D eigenvalue weighted by Crippen LogP contribution is 2.29. The number of pyridine rings is 1. The summed E-state index contributed by atoms with van der Waals surface area (Å²) in [6, 6.07) is 4.30. The van der Waals surface area contributed by atoms with Gasteiger partial charge in [-0.05, 0) is 30.0 Å². The van der Waals surface area contributed by atoms with E-state index in [9.17, 15) is 31.5 Å². The Morgan fingerprint density at radius 3 is 2.39 bits per heavy atom. The highest BCUT2D eigenvalue weighted by molar-refractivity contribution is 5.85. The molecule has 0 aliphatic rings. The zero-order valence-corrected chi connectivity index (χ0v) is 20.0. The highest BCUT2D eigenvalue weighted by atomic mass is 19.4. The summed E-state index contributed by atoms with van der Waals surface area (Å²) in [5, 5.41) is 14.5. The van der Waals surface area contributed by atoms with Gasteiger partial charge in [0, 0.05) is 24.2 Å². The molecule has 3 aromatic heterocycles. The van der Waals surface area contributed by atoms with E-state index < -0.39 is 40.5 Å². The number of fused-ring (bicyclic) bond motifs is 1. The van der Waals surface area contributed by atoms with Crippen LogP contribution in [0.1, 0.15) is 30.9 Å². The summed E-state index contributed by atoms with van der Waals surface area (Å²) in [5.74, 6) is -0.466. The molecule has 1 unspecified atom stereocenters. The van der Waals surface area contributed by atoms with Gasteiger partial charge in [0.1, 0.15) is 17.6 Å². The van der Waals surface area contributed by atoms with Gasteiger partial charge in [0.05, 0.1) is 36.0 Å². The van der Waals surface area contributed by atoms with Crippen molar-refractivity contribution in [1.29, 1.82) is 0 Å². The van der Waals surface area contributed by atoms with Crippen molar-refractivity contribution in [2.24, 2.45) is 0 Å². The predicted octanol–water partition coefficient (Wildman–Crippen LogP) is 3.60. The number of aromatic nitrogens is 5. The summed E-state index contributed by atoms with van der Waals surface area (Å²) in [6.45, 7) is 1.63. The van der Waals surface area contributed by atoms with Crippen LogP contribution in [0.4, 0.5) is 27.6 Å². The Morgan fingerprint density at radius 2 is 1.84 bits per heavy atom. The van der Waals surface area contributed by atoms with Crippen LogP contribution >= 0.6 is 0 Å². The van der Waals surface area contributed by atoms with Gasteiger partial charge in [0.2, 0.25) is 0 Å². The summed E-state index contributed by atoms with van der Waals surface area (Å²) >= 11 is 0. The molecule has 202 valence electrons. The van der Waals surface area contributed by atoms with Gasteiger partial charge in [0.15, 0.2) is 5.82 Å². The number of nitrogen functional groups attached to an aromatic ring is 1. The molecule has 0 saturated carbocycles. The van der Waals surface area contributed by atoms with E-state index >= 15 is 0 Å². The number of aliphatic hydroxyl groups is 1. The van der Waals surface area contributed by atoms with E-state index in [2.05, 4.69) is 15.1 Å². The van der Waals surface area contributed by atoms with Crippen LogP contribution < -0.4 is 16.9 Å². The third-order valence-electron chi connectivity index (χ3n) is 5.36. The van der Waals surface area contributed by atoms with Crippen LogP contribution in [0, 0.1) is 5.82 Å². The zero-order valence-electron chi connectivity index (χ0n) is 20.0. The van der Waals surface area contributed by atoms with E-state index in [0.717, 1.165) is 12.3 Å². The smallest absolute Gasteiger partial charge is 0.397 e. The number of H-pyrrole nitrogens is 1. The summed E-state index contributed by atoms with van der Waals surface area (Å²) in [6.07, 6.45) is 0.306. The number of rotatable bonds is 6. The molecule has 4 rings (SSSR count). The number of hydrogen-bond acceptors (Lipinski definition) is 7. The molecule has 0 spiro atoms. The molecule has 0 aliphatic carbocycles. The molecule has 38 heavy (non-hydrogen) atoms. The van der Waals surface area contributed by atoms with E-state index in [1.54, 1.807) is 11.2 Å². The van der Waals surface area contributed by atoms with Crippen LogP contribution in [0.25, 0.3) is 22.2 Å². The number of nitrogens with two attached hydrogens (primary N) is 1. The van der Waals surface area contributed by atoms with E-state index in [4.69, 9.17) is 10.8 Å². The number of nitrogens with zero attached hydrogens (tertiary/aromatic N) is 4. The van der Waals surface area contributed by atoms with Gasteiger partial charge in [-0.2, -0.15) is 18.3 Å². The molecular formula is C24H23F5N6O3. The molecule has 3 heterocycles. The van der Waals surface area contributed by atoms with Crippen molar-refractivity contribution >= 4 is 16.5 Å². The Balaban J connectivity index is 0.000000279. The number of benzene rings is 1. The average Bonchev–Trinajstić information content (AvgIpc) is 2.85. The monoisotopic (exact) mass is 538 g/mol. The molecule has 0 aliphatic heterocycles.